The number of nitrogens with one attached hydrogen (secondary N) is 1. The molecule has 0 spiro atoms. The van der Waals surface area contributed by atoms with Crippen LogP contribution in [0.2, 0.25) is 0 Å². The van der Waals surface area contributed by atoms with Crippen molar-refractivity contribution in [2.24, 2.45) is 5.92 Å². The fourth-order valence-electron chi connectivity index (χ4n) is 1.29. The smallest absolute Gasteiger partial charge is 0.241 e. The van der Waals surface area contributed by atoms with E-state index in [1.165, 1.54) is 6.07 Å². The Morgan fingerprint density at radius 1 is 1.33 bits per heavy atom. The van der Waals surface area contributed by atoms with Gasteiger partial charge in [-0.25, -0.2) is 13.1 Å². The predicted molar refractivity (Wildman–Crippen MR) is 70.4 cm³/mol. The van der Waals surface area contributed by atoms with Crippen molar-refractivity contribution in [3.8, 4) is 11.8 Å². The Hall–Kier alpha value is -1.35. The highest BCUT2D eigenvalue weighted by Crippen LogP contribution is 2.14. The molecule has 0 aromatic heterocycles. The topological polar surface area (TPSA) is 66.4 Å². The number of aliphatic hydroxyl groups is 1. The molecule has 0 unspecified atom stereocenters. The zero-order valence-electron chi connectivity index (χ0n) is 10.5. The van der Waals surface area contributed by atoms with Gasteiger partial charge in [-0.1, -0.05) is 37.8 Å². The van der Waals surface area contributed by atoms with E-state index < -0.39 is 10.0 Å². The number of benzene rings is 1. The highest BCUT2D eigenvalue weighted by Gasteiger charge is 2.17. The van der Waals surface area contributed by atoms with Crippen LogP contribution in [0.5, 0.6) is 0 Å². The Bertz CT molecular complexity index is 553. The van der Waals surface area contributed by atoms with E-state index in [1.807, 2.05) is 13.8 Å². The quantitative estimate of drug-likeness (QED) is 0.799. The molecule has 1 rings (SSSR count). The zero-order valence-corrected chi connectivity index (χ0v) is 11.3. The Morgan fingerprint density at radius 2 is 2.00 bits per heavy atom. The summed E-state index contributed by atoms with van der Waals surface area (Å²) >= 11 is 0. The monoisotopic (exact) mass is 267 g/mol. The lowest BCUT2D eigenvalue weighted by Crippen LogP contribution is -2.28. The number of rotatable bonds is 4. The van der Waals surface area contributed by atoms with Crippen molar-refractivity contribution < 1.29 is 13.5 Å². The van der Waals surface area contributed by atoms with Crippen molar-refractivity contribution >= 4 is 10.0 Å². The van der Waals surface area contributed by atoms with E-state index in [1.54, 1.807) is 18.2 Å². The highest BCUT2D eigenvalue weighted by atomic mass is 32.2. The summed E-state index contributed by atoms with van der Waals surface area (Å²) in [6.45, 7) is 3.94. The molecule has 1 aromatic carbocycles. The van der Waals surface area contributed by atoms with E-state index in [9.17, 15) is 8.42 Å². The molecule has 0 bridgehead atoms. The Balaban J connectivity index is 3.08. The molecule has 0 saturated heterocycles. The average Bonchev–Trinajstić information content (AvgIpc) is 2.34. The third-order valence-electron chi connectivity index (χ3n) is 2.16. The first-order valence-corrected chi connectivity index (χ1v) is 7.14. The van der Waals surface area contributed by atoms with Gasteiger partial charge in [-0.15, -0.1) is 0 Å². The van der Waals surface area contributed by atoms with Gasteiger partial charge in [0.25, 0.3) is 0 Å². The van der Waals surface area contributed by atoms with E-state index in [0.717, 1.165) is 0 Å². The van der Waals surface area contributed by atoms with E-state index >= 15 is 0 Å². The minimum Gasteiger partial charge on any atom is -0.384 e. The Labute approximate surface area is 108 Å². The predicted octanol–water partition coefficient (Wildman–Crippen LogP) is 0.965. The van der Waals surface area contributed by atoms with Gasteiger partial charge in [0.2, 0.25) is 10.0 Å². The normalized spacial score (nSPS) is 11.1. The summed E-state index contributed by atoms with van der Waals surface area (Å²) in [4.78, 5) is 0.145. The van der Waals surface area contributed by atoms with Gasteiger partial charge < -0.3 is 5.11 Å². The van der Waals surface area contributed by atoms with Crippen LogP contribution < -0.4 is 4.72 Å². The van der Waals surface area contributed by atoms with Gasteiger partial charge in [0.05, 0.1) is 4.90 Å². The van der Waals surface area contributed by atoms with Gasteiger partial charge >= 0.3 is 0 Å². The van der Waals surface area contributed by atoms with E-state index in [-0.39, 0.29) is 17.4 Å². The van der Waals surface area contributed by atoms with Crippen LogP contribution in [0, 0.1) is 17.8 Å². The maximum absolute atomic E-state index is 12.1. The van der Waals surface area contributed by atoms with Gasteiger partial charge in [0.15, 0.2) is 0 Å². The third-order valence-corrected chi connectivity index (χ3v) is 3.64. The lowest BCUT2D eigenvalue weighted by Gasteiger charge is -2.10. The summed E-state index contributed by atoms with van der Waals surface area (Å²) in [6, 6.07) is 6.48. The second-order valence-electron chi connectivity index (χ2n) is 4.20. The number of sulfonamides is 1. The maximum atomic E-state index is 12.1. The minimum atomic E-state index is -3.55. The molecule has 0 atom stereocenters. The third kappa shape index (κ3) is 4.15. The first-order chi connectivity index (χ1) is 8.47. The van der Waals surface area contributed by atoms with Crippen LogP contribution in [-0.2, 0) is 10.0 Å². The van der Waals surface area contributed by atoms with Crippen molar-refractivity contribution in [3.05, 3.63) is 29.8 Å². The molecule has 0 radical (unpaired) electrons. The zero-order chi connectivity index (χ0) is 13.6. The molecule has 1 aromatic rings. The van der Waals surface area contributed by atoms with Gasteiger partial charge in [-0.05, 0) is 18.1 Å². The van der Waals surface area contributed by atoms with E-state index in [0.29, 0.717) is 12.1 Å². The molecule has 0 saturated carbocycles. The summed E-state index contributed by atoms with van der Waals surface area (Å²) in [6.07, 6.45) is 0. The highest BCUT2D eigenvalue weighted by molar-refractivity contribution is 7.89. The standard InChI is InChI=1S/C13H17NO3S/c1-11(2)10-14-18(16,17)13-8-4-3-6-12(13)7-5-9-15/h3-4,6,8,11,14-15H,9-10H2,1-2H3. The van der Waals surface area contributed by atoms with Crippen molar-refractivity contribution in [1.82, 2.24) is 4.72 Å². The maximum Gasteiger partial charge on any atom is 0.241 e. The molecular formula is C13H17NO3S. The van der Waals surface area contributed by atoms with E-state index in [4.69, 9.17) is 5.11 Å². The summed E-state index contributed by atoms with van der Waals surface area (Å²) in [5, 5.41) is 8.66. The number of hydrogen-bond donors (Lipinski definition) is 2. The first kappa shape index (κ1) is 14.7. The lowest BCUT2D eigenvalue weighted by atomic mass is 10.2. The van der Waals surface area contributed by atoms with Gasteiger partial charge in [0, 0.05) is 12.1 Å². The molecule has 0 fully saturated rings. The second kappa shape index (κ2) is 6.55. The molecule has 0 aliphatic rings. The molecule has 0 aliphatic heterocycles. The van der Waals surface area contributed by atoms with Crippen LogP contribution >= 0.6 is 0 Å². The van der Waals surface area contributed by atoms with Crippen molar-refractivity contribution in [3.63, 3.8) is 0 Å². The van der Waals surface area contributed by atoms with Crippen molar-refractivity contribution in [2.45, 2.75) is 18.7 Å². The molecule has 0 heterocycles. The average molecular weight is 267 g/mol. The van der Waals surface area contributed by atoms with Crippen LogP contribution in [0.4, 0.5) is 0 Å². The SMILES string of the molecule is CC(C)CNS(=O)(=O)c1ccccc1C#CCO. The van der Waals surface area contributed by atoms with Gasteiger partial charge in [-0.2, -0.15) is 0 Å². The van der Waals surface area contributed by atoms with Crippen LogP contribution in [0.25, 0.3) is 0 Å². The number of aliphatic hydroxyl groups excluding tert-OH is 1. The molecule has 2 N–H and O–H groups in total. The second-order valence-corrected chi connectivity index (χ2v) is 5.94. The molecule has 5 heteroatoms. The van der Waals surface area contributed by atoms with Crippen LogP contribution in [0.3, 0.4) is 0 Å². The first-order valence-electron chi connectivity index (χ1n) is 5.66. The van der Waals surface area contributed by atoms with Crippen LogP contribution in [-0.4, -0.2) is 26.7 Å². The van der Waals surface area contributed by atoms with Gasteiger partial charge in [-0.3, -0.25) is 0 Å². The molecule has 98 valence electrons. The number of hydrogen-bond acceptors (Lipinski definition) is 3. The van der Waals surface area contributed by atoms with Gasteiger partial charge in [0.1, 0.15) is 6.61 Å². The summed E-state index contributed by atoms with van der Waals surface area (Å²) in [5.41, 5.74) is 0.391. The summed E-state index contributed by atoms with van der Waals surface area (Å²) in [5.74, 6) is 5.32. The van der Waals surface area contributed by atoms with Crippen molar-refractivity contribution in [1.29, 1.82) is 0 Å². The van der Waals surface area contributed by atoms with E-state index in [2.05, 4.69) is 16.6 Å². The minimum absolute atomic E-state index is 0.145. The molecule has 18 heavy (non-hydrogen) atoms. The summed E-state index contributed by atoms with van der Waals surface area (Å²) < 4.78 is 26.7. The fraction of sp³-hybridized carbons (Fsp3) is 0.385. The molecule has 4 nitrogen and oxygen atoms in total. The van der Waals surface area contributed by atoms with Crippen LogP contribution in [0.15, 0.2) is 29.2 Å². The fourth-order valence-corrected chi connectivity index (χ4v) is 2.67. The lowest BCUT2D eigenvalue weighted by molar-refractivity contribution is 0.350. The largest absolute Gasteiger partial charge is 0.384 e. The molecule has 0 aliphatic carbocycles. The molecular weight excluding hydrogens is 250 g/mol. The molecule has 0 amide bonds. The van der Waals surface area contributed by atoms with Crippen LogP contribution in [0.1, 0.15) is 19.4 Å². The Morgan fingerprint density at radius 3 is 2.61 bits per heavy atom. The summed E-state index contributed by atoms with van der Waals surface area (Å²) in [7, 11) is -3.55. The Kier molecular flexibility index (Phi) is 5.35. The van der Waals surface area contributed by atoms with Crippen molar-refractivity contribution in [2.75, 3.05) is 13.2 Å².